The maximum atomic E-state index is 5.29. The van der Waals surface area contributed by atoms with Crippen molar-refractivity contribution >= 4 is 0 Å². The normalized spacial score (nSPS) is 24.0. The predicted molar refractivity (Wildman–Crippen MR) is 37.5 cm³/mol. The third-order valence-corrected chi connectivity index (χ3v) is 1.57. The lowest BCUT2D eigenvalue weighted by Gasteiger charge is -1.99. The molecule has 1 N–H and O–H groups in total. The lowest BCUT2D eigenvalue weighted by Crippen LogP contribution is -2.19. The molecule has 0 aliphatic carbocycles. The standard InChI is InChI=1S/C7H15NO/c1-2-4-8-5-7-9-6-3-1/h8H,1-7H2. The summed E-state index contributed by atoms with van der Waals surface area (Å²) in [5.74, 6) is 0. The first kappa shape index (κ1) is 7.03. The van der Waals surface area contributed by atoms with Gasteiger partial charge in [0.15, 0.2) is 0 Å². The topological polar surface area (TPSA) is 21.3 Å². The minimum absolute atomic E-state index is 0.889. The van der Waals surface area contributed by atoms with E-state index in [0.29, 0.717) is 0 Å². The summed E-state index contributed by atoms with van der Waals surface area (Å²) in [6, 6.07) is 0. The van der Waals surface area contributed by atoms with Gasteiger partial charge in [-0.05, 0) is 25.8 Å². The minimum atomic E-state index is 0.889. The maximum absolute atomic E-state index is 5.29. The van der Waals surface area contributed by atoms with Gasteiger partial charge in [0.05, 0.1) is 6.61 Å². The summed E-state index contributed by atoms with van der Waals surface area (Å²) < 4.78 is 5.29. The molecule has 0 bridgehead atoms. The SMILES string of the molecule is C1CCNCCOCC1. The highest BCUT2D eigenvalue weighted by atomic mass is 16.5. The molecule has 0 unspecified atom stereocenters. The molecular formula is C7H15NO. The Morgan fingerprint density at radius 3 is 2.89 bits per heavy atom. The van der Waals surface area contributed by atoms with Crippen LogP contribution in [0.3, 0.4) is 0 Å². The van der Waals surface area contributed by atoms with Gasteiger partial charge in [0.1, 0.15) is 0 Å². The van der Waals surface area contributed by atoms with E-state index in [1.165, 1.54) is 25.8 Å². The van der Waals surface area contributed by atoms with E-state index in [1.54, 1.807) is 0 Å². The maximum Gasteiger partial charge on any atom is 0.0590 e. The van der Waals surface area contributed by atoms with Crippen molar-refractivity contribution in [1.29, 1.82) is 0 Å². The van der Waals surface area contributed by atoms with Gasteiger partial charge >= 0.3 is 0 Å². The minimum Gasteiger partial charge on any atom is -0.380 e. The molecule has 9 heavy (non-hydrogen) atoms. The molecule has 0 amide bonds. The van der Waals surface area contributed by atoms with Crippen LogP contribution < -0.4 is 5.32 Å². The first-order chi connectivity index (χ1) is 4.50. The Kier molecular flexibility index (Phi) is 3.72. The van der Waals surface area contributed by atoms with E-state index in [4.69, 9.17) is 4.74 Å². The largest absolute Gasteiger partial charge is 0.380 e. The molecule has 1 aliphatic rings. The van der Waals surface area contributed by atoms with Gasteiger partial charge in [-0.3, -0.25) is 0 Å². The number of rotatable bonds is 0. The molecule has 1 heterocycles. The van der Waals surface area contributed by atoms with Crippen LogP contribution in [0.4, 0.5) is 0 Å². The van der Waals surface area contributed by atoms with Crippen molar-refractivity contribution in [3.05, 3.63) is 0 Å². The lowest BCUT2D eigenvalue weighted by atomic mass is 10.2. The molecule has 0 saturated carbocycles. The average Bonchev–Trinajstić information content (AvgIpc) is 2.00. The van der Waals surface area contributed by atoms with Crippen molar-refractivity contribution in [3.63, 3.8) is 0 Å². The van der Waals surface area contributed by atoms with E-state index in [1.807, 2.05) is 0 Å². The van der Waals surface area contributed by atoms with Crippen molar-refractivity contribution in [2.75, 3.05) is 26.3 Å². The fourth-order valence-electron chi connectivity index (χ4n) is 1.00. The molecule has 0 aromatic rings. The van der Waals surface area contributed by atoms with Gasteiger partial charge in [0, 0.05) is 13.2 Å². The molecule has 0 aromatic heterocycles. The fourth-order valence-corrected chi connectivity index (χ4v) is 1.00. The van der Waals surface area contributed by atoms with Gasteiger partial charge in [-0.15, -0.1) is 0 Å². The highest BCUT2D eigenvalue weighted by molar-refractivity contribution is 4.50. The van der Waals surface area contributed by atoms with Gasteiger partial charge in [0.25, 0.3) is 0 Å². The van der Waals surface area contributed by atoms with Crippen LogP contribution in [0.1, 0.15) is 19.3 Å². The predicted octanol–water partition coefficient (Wildman–Crippen LogP) is 0.776. The second-order valence-electron chi connectivity index (χ2n) is 2.42. The van der Waals surface area contributed by atoms with Crippen molar-refractivity contribution in [1.82, 2.24) is 5.32 Å². The third kappa shape index (κ3) is 3.49. The molecule has 1 rings (SSSR count). The summed E-state index contributed by atoms with van der Waals surface area (Å²) in [5, 5.41) is 3.30. The van der Waals surface area contributed by atoms with Gasteiger partial charge in [-0.1, -0.05) is 0 Å². The molecule has 1 saturated heterocycles. The molecular weight excluding hydrogens is 114 g/mol. The molecule has 1 fully saturated rings. The van der Waals surface area contributed by atoms with Crippen molar-refractivity contribution in [2.24, 2.45) is 0 Å². The van der Waals surface area contributed by atoms with Crippen LogP contribution in [-0.2, 0) is 4.74 Å². The molecule has 0 radical (unpaired) electrons. The molecule has 0 atom stereocenters. The van der Waals surface area contributed by atoms with Gasteiger partial charge in [-0.25, -0.2) is 0 Å². The fraction of sp³-hybridized carbons (Fsp3) is 1.00. The van der Waals surface area contributed by atoms with Crippen molar-refractivity contribution in [2.45, 2.75) is 19.3 Å². The third-order valence-electron chi connectivity index (χ3n) is 1.57. The number of nitrogens with one attached hydrogen (secondary N) is 1. The molecule has 1 aliphatic heterocycles. The van der Waals surface area contributed by atoms with Gasteiger partial charge in [-0.2, -0.15) is 0 Å². The van der Waals surface area contributed by atoms with Crippen molar-refractivity contribution < 1.29 is 4.74 Å². The molecule has 2 nitrogen and oxygen atoms in total. The van der Waals surface area contributed by atoms with Crippen LogP contribution in [0.15, 0.2) is 0 Å². The first-order valence-corrected chi connectivity index (χ1v) is 3.78. The number of hydrogen-bond acceptors (Lipinski definition) is 2. The average molecular weight is 129 g/mol. The second kappa shape index (κ2) is 4.77. The van der Waals surface area contributed by atoms with E-state index in [-0.39, 0.29) is 0 Å². The highest BCUT2D eigenvalue weighted by Crippen LogP contribution is 1.95. The first-order valence-electron chi connectivity index (χ1n) is 3.78. The quantitative estimate of drug-likeness (QED) is 0.522. The van der Waals surface area contributed by atoms with E-state index < -0.39 is 0 Å². The molecule has 0 aromatic carbocycles. The van der Waals surface area contributed by atoms with E-state index in [0.717, 1.165) is 19.8 Å². The second-order valence-corrected chi connectivity index (χ2v) is 2.42. The summed E-state index contributed by atoms with van der Waals surface area (Å²) >= 11 is 0. The molecule has 54 valence electrons. The zero-order chi connectivity index (χ0) is 6.36. The van der Waals surface area contributed by atoms with Crippen LogP contribution in [0, 0.1) is 0 Å². The Labute approximate surface area is 56.6 Å². The van der Waals surface area contributed by atoms with Crippen LogP contribution in [0.2, 0.25) is 0 Å². The van der Waals surface area contributed by atoms with E-state index >= 15 is 0 Å². The van der Waals surface area contributed by atoms with Gasteiger partial charge < -0.3 is 10.1 Å². The monoisotopic (exact) mass is 129 g/mol. The van der Waals surface area contributed by atoms with Crippen LogP contribution >= 0.6 is 0 Å². The van der Waals surface area contributed by atoms with Crippen LogP contribution in [0.5, 0.6) is 0 Å². The number of hydrogen-bond donors (Lipinski definition) is 1. The Morgan fingerprint density at radius 1 is 0.889 bits per heavy atom. The van der Waals surface area contributed by atoms with Gasteiger partial charge in [0.2, 0.25) is 0 Å². The summed E-state index contributed by atoms with van der Waals surface area (Å²) in [6.07, 6.45) is 3.86. The van der Waals surface area contributed by atoms with E-state index in [2.05, 4.69) is 5.32 Å². The zero-order valence-corrected chi connectivity index (χ0v) is 5.86. The Morgan fingerprint density at radius 2 is 1.89 bits per heavy atom. The summed E-state index contributed by atoms with van der Waals surface area (Å²) in [7, 11) is 0. The summed E-state index contributed by atoms with van der Waals surface area (Å²) in [6.45, 7) is 4.05. The van der Waals surface area contributed by atoms with Crippen LogP contribution in [-0.4, -0.2) is 26.3 Å². The Hall–Kier alpha value is -0.0800. The van der Waals surface area contributed by atoms with Crippen LogP contribution in [0.25, 0.3) is 0 Å². The van der Waals surface area contributed by atoms with Crippen molar-refractivity contribution in [3.8, 4) is 0 Å². The zero-order valence-electron chi connectivity index (χ0n) is 5.86. The smallest absolute Gasteiger partial charge is 0.0590 e. The molecule has 0 spiro atoms. The Balaban J connectivity index is 2.02. The van der Waals surface area contributed by atoms with E-state index in [9.17, 15) is 0 Å². The Bertz CT molecular complexity index is 37.4. The summed E-state index contributed by atoms with van der Waals surface area (Å²) in [4.78, 5) is 0. The number of ether oxygens (including phenoxy) is 1. The molecule has 2 heteroatoms. The lowest BCUT2D eigenvalue weighted by molar-refractivity contribution is 0.137. The summed E-state index contributed by atoms with van der Waals surface area (Å²) in [5.41, 5.74) is 0. The highest BCUT2D eigenvalue weighted by Gasteiger charge is 1.94.